The summed E-state index contributed by atoms with van der Waals surface area (Å²) in [7, 11) is 0. The summed E-state index contributed by atoms with van der Waals surface area (Å²) in [6, 6.07) is 0. The maximum absolute atomic E-state index is 12.8. The van der Waals surface area contributed by atoms with Crippen molar-refractivity contribution in [1.82, 2.24) is 0 Å². The number of carbonyl (C=O) groups is 3. The Kier molecular flexibility index (Phi) is 57.2. The summed E-state index contributed by atoms with van der Waals surface area (Å²) in [5, 5.41) is 0. The Balaban J connectivity index is 4.05. The van der Waals surface area contributed by atoms with Crippen molar-refractivity contribution in [3.8, 4) is 0 Å². The van der Waals surface area contributed by atoms with Crippen LogP contribution in [0.4, 0.5) is 0 Å². The molecular weight excluding hydrogens is 877 g/mol. The van der Waals surface area contributed by atoms with Gasteiger partial charge in [-0.2, -0.15) is 0 Å². The maximum atomic E-state index is 12.8. The highest BCUT2D eigenvalue weighted by Gasteiger charge is 2.19. The first-order chi connectivity index (χ1) is 35.0. The van der Waals surface area contributed by atoms with Gasteiger partial charge in [-0.15, -0.1) is 0 Å². The molecule has 1 atom stereocenters. The van der Waals surface area contributed by atoms with E-state index in [9.17, 15) is 14.4 Å². The molecule has 0 rings (SSSR count). The van der Waals surface area contributed by atoms with Gasteiger partial charge in [0.1, 0.15) is 13.2 Å². The van der Waals surface area contributed by atoms with Crippen LogP contribution in [0, 0.1) is 0 Å². The largest absolute Gasteiger partial charge is 0.462 e. The second kappa shape index (κ2) is 59.7. The topological polar surface area (TPSA) is 78.9 Å². The lowest BCUT2D eigenvalue weighted by Crippen LogP contribution is -2.30. The molecule has 0 aliphatic rings. The van der Waals surface area contributed by atoms with Gasteiger partial charge in [0.15, 0.2) is 6.10 Å². The van der Waals surface area contributed by atoms with Gasteiger partial charge in [0.05, 0.1) is 0 Å². The summed E-state index contributed by atoms with van der Waals surface area (Å²) < 4.78 is 16.8. The fraction of sp³-hybridized carbons (Fsp3) is 0.800. The quantitative estimate of drug-likeness (QED) is 0.0261. The molecule has 0 aromatic rings. The zero-order chi connectivity index (χ0) is 51.4. The Morgan fingerprint density at radius 3 is 0.831 bits per heavy atom. The molecule has 0 aliphatic heterocycles. The molecule has 0 radical (unpaired) electrons. The lowest BCUT2D eigenvalue weighted by atomic mass is 10.0. The van der Waals surface area contributed by atoms with Crippen LogP contribution in [0.2, 0.25) is 0 Å². The Labute approximate surface area is 440 Å². The third-order valence-electron chi connectivity index (χ3n) is 13.5. The minimum Gasteiger partial charge on any atom is -0.462 e. The van der Waals surface area contributed by atoms with Crippen LogP contribution in [-0.4, -0.2) is 37.2 Å². The molecular formula is C65H116O6. The van der Waals surface area contributed by atoms with Crippen LogP contribution in [0.1, 0.15) is 316 Å². The summed E-state index contributed by atoms with van der Waals surface area (Å²) in [5.74, 6) is -0.884. The van der Waals surface area contributed by atoms with Crippen LogP contribution >= 0.6 is 0 Å². The van der Waals surface area contributed by atoms with E-state index in [4.69, 9.17) is 14.2 Å². The van der Waals surface area contributed by atoms with E-state index in [-0.39, 0.29) is 31.1 Å². The van der Waals surface area contributed by atoms with Gasteiger partial charge in [0.25, 0.3) is 0 Å². The second-order valence-electron chi connectivity index (χ2n) is 20.6. The maximum Gasteiger partial charge on any atom is 0.306 e. The third-order valence-corrected chi connectivity index (χ3v) is 13.5. The summed E-state index contributed by atoms with van der Waals surface area (Å²) >= 11 is 0. The van der Waals surface area contributed by atoms with E-state index in [1.807, 2.05) is 0 Å². The molecule has 0 aromatic carbocycles. The summed E-state index contributed by atoms with van der Waals surface area (Å²) in [4.78, 5) is 38.0. The standard InChI is InChI=1S/C65H116O6/c1-4-7-10-13-16-19-21-23-25-26-27-28-29-30-31-32-33-34-35-36-37-38-39-40-41-43-44-46-49-52-55-58-64(67)70-61-62(60-69-63(66)57-54-51-48-18-15-12-9-6-3)71-65(68)59-56-53-50-47-45-42-24-22-20-17-14-11-8-5-2/h14,17,21-24,26-27,29-30,62H,4-13,15-16,18-20,25,28,31-61H2,1-3H3/b17-14-,23-21-,24-22-,27-26-,30-29-. The van der Waals surface area contributed by atoms with Crippen molar-refractivity contribution in [2.45, 2.75) is 322 Å². The van der Waals surface area contributed by atoms with E-state index in [0.717, 1.165) is 96.3 Å². The lowest BCUT2D eigenvalue weighted by molar-refractivity contribution is -0.167. The minimum absolute atomic E-state index is 0.0769. The van der Waals surface area contributed by atoms with Crippen LogP contribution in [0.15, 0.2) is 60.8 Å². The molecule has 0 heterocycles. The first kappa shape index (κ1) is 68.1. The first-order valence-electron chi connectivity index (χ1n) is 30.8. The zero-order valence-corrected chi connectivity index (χ0v) is 47.2. The predicted molar refractivity (Wildman–Crippen MR) is 307 cm³/mol. The molecule has 412 valence electrons. The van der Waals surface area contributed by atoms with Gasteiger partial charge in [0, 0.05) is 19.3 Å². The van der Waals surface area contributed by atoms with E-state index in [1.54, 1.807) is 0 Å². The van der Waals surface area contributed by atoms with Crippen molar-refractivity contribution in [2.24, 2.45) is 0 Å². The average Bonchev–Trinajstić information content (AvgIpc) is 3.37. The van der Waals surface area contributed by atoms with Crippen molar-refractivity contribution < 1.29 is 28.6 Å². The molecule has 0 saturated heterocycles. The number of unbranched alkanes of at least 4 members (excludes halogenated alkanes) is 35. The van der Waals surface area contributed by atoms with Crippen LogP contribution in [-0.2, 0) is 28.6 Å². The fourth-order valence-corrected chi connectivity index (χ4v) is 8.82. The van der Waals surface area contributed by atoms with E-state index < -0.39 is 6.10 Å². The molecule has 0 spiro atoms. The Hall–Kier alpha value is -2.89. The van der Waals surface area contributed by atoms with Gasteiger partial charge in [-0.3, -0.25) is 14.4 Å². The van der Waals surface area contributed by atoms with Gasteiger partial charge >= 0.3 is 17.9 Å². The van der Waals surface area contributed by atoms with Crippen LogP contribution in [0.5, 0.6) is 0 Å². The molecule has 71 heavy (non-hydrogen) atoms. The van der Waals surface area contributed by atoms with Crippen molar-refractivity contribution in [3.05, 3.63) is 60.8 Å². The van der Waals surface area contributed by atoms with Crippen molar-refractivity contribution >= 4 is 17.9 Å². The molecule has 6 heteroatoms. The van der Waals surface area contributed by atoms with Crippen molar-refractivity contribution in [3.63, 3.8) is 0 Å². The van der Waals surface area contributed by atoms with Gasteiger partial charge in [-0.25, -0.2) is 0 Å². The number of ether oxygens (including phenoxy) is 3. The highest BCUT2D eigenvalue weighted by atomic mass is 16.6. The fourth-order valence-electron chi connectivity index (χ4n) is 8.82. The second-order valence-corrected chi connectivity index (χ2v) is 20.6. The first-order valence-corrected chi connectivity index (χ1v) is 30.8. The average molecular weight is 994 g/mol. The number of carbonyl (C=O) groups excluding carboxylic acids is 3. The molecule has 6 nitrogen and oxygen atoms in total. The minimum atomic E-state index is -0.777. The van der Waals surface area contributed by atoms with Gasteiger partial charge in [0.2, 0.25) is 0 Å². The molecule has 0 saturated carbocycles. The molecule has 0 aliphatic carbocycles. The summed E-state index contributed by atoms with van der Waals surface area (Å²) in [6.45, 7) is 6.57. The molecule has 1 unspecified atom stereocenters. The highest BCUT2D eigenvalue weighted by molar-refractivity contribution is 5.71. The van der Waals surface area contributed by atoms with Gasteiger partial charge in [-0.1, -0.05) is 274 Å². The number of hydrogen-bond donors (Lipinski definition) is 0. The number of hydrogen-bond acceptors (Lipinski definition) is 6. The third kappa shape index (κ3) is 57.9. The van der Waals surface area contributed by atoms with Crippen molar-refractivity contribution in [2.75, 3.05) is 13.2 Å². The lowest BCUT2D eigenvalue weighted by Gasteiger charge is -2.18. The van der Waals surface area contributed by atoms with Crippen LogP contribution < -0.4 is 0 Å². The summed E-state index contributed by atoms with van der Waals surface area (Å²) in [5.41, 5.74) is 0. The number of allylic oxidation sites excluding steroid dienone is 10. The predicted octanol–water partition coefficient (Wildman–Crippen LogP) is 20.8. The summed E-state index contributed by atoms with van der Waals surface area (Å²) in [6.07, 6.45) is 75.4. The Morgan fingerprint density at radius 1 is 0.282 bits per heavy atom. The van der Waals surface area contributed by atoms with Gasteiger partial charge < -0.3 is 14.2 Å². The van der Waals surface area contributed by atoms with Crippen LogP contribution in [0.25, 0.3) is 0 Å². The van der Waals surface area contributed by atoms with E-state index in [2.05, 4.69) is 81.5 Å². The van der Waals surface area contributed by atoms with Crippen LogP contribution in [0.3, 0.4) is 0 Å². The molecule has 0 amide bonds. The normalized spacial score (nSPS) is 12.4. The molecule has 0 N–H and O–H groups in total. The van der Waals surface area contributed by atoms with Crippen molar-refractivity contribution in [1.29, 1.82) is 0 Å². The highest BCUT2D eigenvalue weighted by Crippen LogP contribution is 2.16. The Bertz CT molecular complexity index is 1280. The zero-order valence-electron chi connectivity index (χ0n) is 47.2. The van der Waals surface area contributed by atoms with E-state index in [0.29, 0.717) is 19.3 Å². The Morgan fingerprint density at radius 2 is 0.521 bits per heavy atom. The molecule has 0 aromatic heterocycles. The SMILES string of the molecule is CCCC/C=C\C/C=C\CCCCCCCC(=O)OC(COC(=O)CCCCCCCCCC)COC(=O)CCCCCCCCCCCCCCCCCC/C=C\C/C=C\C/C=C\CCCCCCC. The monoisotopic (exact) mass is 993 g/mol. The van der Waals surface area contributed by atoms with Gasteiger partial charge in [-0.05, 0) is 83.5 Å². The smallest absolute Gasteiger partial charge is 0.306 e. The van der Waals surface area contributed by atoms with E-state index >= 15 is 0 Å². The molecule has 0 fully saturated rings. The number of rotatable bonds is 56. The molecule has 0 bridgehead atoms. The van der Waals surface area contributed by atoms with E-state index in [1.165, 1.54) is 180 Å². The number of esters is 3.